The zero-order valence-electron chi connectivity index (χ0n) is 40.7. The first-order valence-electron chi connectivity index (χ1n) is 24.0. The third kappa shape index (κ3) is 13.7. The Morgan fingerprint density at radius 3 is 2.27 bits per heavy atom. The van der Waals surface area contributed by atoms with E-state index in [1.54, 1.807) is 36.4 Å². The number of benzene rings is 4. The highest BCUT2D eigenvalue weighted by Gasteiger charge is 2.52. The normalized spacial score (nSPS) is 24.3. The molecule has 1 saturated carbocycles. The average Bonchev–Trinajstić information content (AvgIpc) is 3.90. The SMILES string of the molecule is [N-]=[N+]=NCCOCCOCCOCCNC(=O)c1ccc(O[C@@H]2O[C@H](CO)[C@H](O)[C@H](O)[C@H]2O)c(OS(=O)(=O)Oc2ccc(COc3c4c(cc5c3C(=O)N[C@H]3[C@H](O)[C@H](O)C[C@H](OC(=O)c6ccccc6)[C@H]53)OCO4)cc2)c1. The van der Waals surface area contributed by atoms with Gasteiger partial charge in [0.05, 0.1) is 69.5 Å². The van der Waals surface area contributed by atoms with Crippen molar-refractivity contribution < 1.29 is 104 Å². The van der Waals surface area contributed by atoms with Gasteiger partial charge in [0.25, 0.3) is 11.8 Å². The Labute approximate surface area is 438 Å². The van der Waals surface area contributed by atoms with Gasteiger partial charge in [-0.25, -0.2) is 4.79 Å². The smallest absolute Gasteiger partial charge is 0.484 e. The molecule has 3 heterocycles. The Balaban J connectivity index is 0.934. The van der Waals surface area contributed by atoms with Crippen LogP contribution in [0.15, 0.2) is 84.0 Å². The number of nitrogens with one attached hydrogen (secondary N) is 2. The summed E-state index contributed by atoms with van der Waals surface area (Å²) in [5.74, 6) is -4.03. The molecule has 3 aliphatic heterocycles. The molecule has 4 aliphatic rings. The summed E-state index contributed by atoms with van der Waals surface area (Å²) in [6, 6.07) is 17.4. The average molecular weight is 1100 g/mol. The van der Waals surface area contributed by atoms with Crippen molar-refractivity contribution in [2.75, 3.05) is 66.1 Å². The van der Waals surface area contributed by atoms with Crippen molar-refractivity contribution >= 4 is 28.2 Å². The molecule has 4 aromatic carbocycles. The Hall–Kier alpha value is -7.05. The van der Waals surface area contributed by atoms with Gasteiger partial charge in [0, 0.05) is 35.9 Å². The fraction of sp³-hybridized carbons (Fsp3) is 0.449. The highest BCUT2D eigenvalue weighted by Crippen LogP contribution is 2.51. The van der Waals surface area contributed by atoms with E-state index in [1.807, 2.05) is 0 Å². The minimum Gasteiger partial charge on any atom is -0.484 e. The molecule has 0 radical (unpaired) electrons. The van der Waals surface area contributed by atoms with E-state index in [-0.39, 0.29) is 112 Å². The summed E-state index contributed by atoms with van der Waals surface area (Å²) < 4.78 is 88.5. The number of nitrogens with zero attached hydrogens (tertiary/aromatic N) is 3. The highest BCUT2D eigenvalue weighted by molar-refractivity contribution is 7.82. The van der Waals surface area contributed by atoms with Gasteiger partial charge < -0.3 is 92.3 Å². The maximum atomic E-state index is 13.9. The van der Waals surface area contributed by atoms with E-state index in [9.17, 15) is 53.4 Å². The molecule has 1 saturated heterocycles. The van der Waals surface area contributed by atoms with Crippen molar-refractivity contribution in [3.05, 3.63) is 117 Å². The van der Waals surface area contributed by atoms with Crippen LogP contribution in [0.1, 0.15) is 54.5 Å². The maximum absolute atomic E-state index is 13.9. The first-order chi connectivity index (χ1) is 37.2. The Kier molecular flexibility index (Phi) is 18.9. The minimum atomic E-state index is -5.09. The lowest BCUT2D eigenvalue weighted by Crippen LogP contribution is -2.61. The Bertz CT molecular complexity index is 2860. The van der Waals surface area contributed by atoms with E-state index in [2.05, 4.69) is 20.7 Å². The lowest BCUT2D eigenvalue weighted by Gasteiger charge is -2.46. The van der Waals surface area contributed by atoms with Crippen LogP contribution in [0.3, 0.4) is 0 Å². The largest absolute Gasteiger partial charge is 0.501 e. The molecule has 2 fully saturated rings. The predicted octanol–water partition coefficient (Wildman–Crippen LogP) is 0.512. The number of ether oxygens (including phenoxy) is 9. The molecule has 27 nitrogen and oxygen atoms in total. The van der Waals surface area contributed by atoms with Crippen LogP contribution < -0.4 is 37.9 Å². The van der Waals surface area contributed by atoms with E-state index >= 15 is 0 Å². The van der Waals surface area contributed by atoms with Gasteiger partial charge >= 0.3 is 16.4 Å². The summed E-state index contributed by atoms with van der Waals surface area (Å²) in [5.41, 5.74) is 9.13. The maximum Gasteiger partial charge on any atom is 0.501 e. The van der Waals surface area contributed by atoms with E-state index < -0.39 is 107 Å². The molecule has 28 heteroatoms. The molecule has 0 aromatic heterocycles. The number of carbonyl (C=O) groups is 3. The zero-order valence-corrected chi connectivity index (χ0v) is 41.5. The number of amides is 2. The molecule has 0 spiro atoms. The van der Waals surface area contributed by atoms with Crippen LogP contribution in [0.2, 0.25) is 0 Å². The molecular weight excluding hydrogens is 1040 g/mol. The highest BCUT2D eigenvalue weighted by atomic mass is 32.3. The van der Waals surface area contributed by atoms with Crippen molar-refractivity contribution in [3.63, 3.8) is 0 Å². The zero-order chi connectivity index (χ0) is 54.6. The monoisotopic (exact) mass is 1100 g/mol. The number of azide groups is 1. The summed E-state index contributed by atoms with van der Waals surface area (Å²) in [4.78, 5) is 43.0. The van der Waals surface area contributed by atoms with Gasteiger partial charge in [-0.2, -0.15) is 0 Å². The van der Waals surface area contributed by atoms with Crippen LogP contribution in [0.25, 0.3) is 10.4 Å². The van der Waals surface area contributed by atoms with E-state index in [1.165, 1.54) is 30.3 Å². The number of aliphatic hydroxyl groups excluding tert-OH is 6. The Morgan fingerprint density at radius 1 is 0.818 bits per heavy atom. The van der Waals surface area contributed by atoms with Gasteiger partial charge in [-0.1, -0.05) is 35.4 Å². The van der Waals surface area contributed by atoms with Crippen molar-refractivity contribution in [2.24, 2.45) is 5.11 Å². The van der Waals surface area contributed by atoms with Crippen LogP contribution in [0.5, 0.6) is 34.5 Å². The first kappa shape index (κ1) is 56.2. The van der Waals surface area contributed by atoms with Crippen LogP contribution in [0.4, 0.5) is 0 Å². The molecule has 2 amide bonds. The number of esters is 1. The lowest BCUT2D eigenvalue weighted by molar-refractivity contribution is -0.277. The number of carbonyl (C=O) groups excluding carboxylic acids is 3. The number of aliphatic hydroxyl groups is 6. The quantitative estimate of drug-likeness (QED) is 0.0147. The summed E-state index contributed by atoms with van der Waals surface area (Å²) in [7, 11) is -5.09. The van der Waals surface area contributed by atoms with Crippen molar-refractivity contribution in [1.29, 1.82) is 0 Å². The molecule has 0 unspecified atom stereocenters. The van der Waals surface area contributed by atoms with E-state index in [0.717, 1.165) is 12.1 Å². The Morgan fingerprint density at radius 2 is 1.55 bits per heavy atom. The molecular formula is C49H55N5O22S. The summed E-state index contributed by atoms with van der Waals surface area (Å²) >= 11 is 0. The number of hydrogen-bond acceptors (Lipinski definition) is 23. The van der Waals surface area contributed by atoms with Crippen LogP contribution in [0, 0.1) is 0 Å². The molecule has 4 aromatic rings. The van der Waals surface area contributed by atoms with Gasteiger partial charge in [0.2, 0.25) is 18.8 Å². The molecule has 10 atom stereocenters. The standard InChI is InChI=1S/C49H55N5O22S/c50-54-52-13-15-67-17-19-68-18-16-66-14-12-51-46(61)28-8-11-32(73-49-43(60)42(59)41(58)36(23-55)74-49)33(20-28)76-77(64,65)75-29-9-6-26(7-10-29)24-69-45-38-30(21-35-44(45)71-25-70-35)37-34(72-48(63)27-4-2-1-3-5-27)22-31(56)40(57)39(37)53-47(38)62/h1-11,20-21,31,34,36-37,39-43,49,55-60H,12-19,22-25H2,(H,51,61)(H,53,62)/t31-,34+,36-,37+,39-,40-,41+,42+,43-,49-/m1/s1. The van der Waals surface area contributed by atoms with Crippen molar-refractivity contribution in [2.45, 2.75) is 74.0 Å². The van der Waals surface area contributed by atoms with Gasteiger partial charge in [-0.3, -0.25) is 9.59 Å². The second-order valence-corrected chi connectivity index (χ2v) is 18.7. The molecule has 414 valence electrons. The third-order valence-corrected chi connectivity index (χ3v) is 13.3. The summed E-state index contributed by atoms with van der Waals surface area (Å²) in [6.45, 7) is 0.266. The second kappa shape index (κ2) is 25.9. The molecule has 1 aliphatic carbocycles. The van der Waals surface area contributed by atoms with Crippen LogP contribution in [-0.4, -0.2) is 178 Å². The van der Waals surface area contributed by atoms with Crippen molar-refractivity contribution in [1.82, 2.24) is 10.6 Å². The summed E-state index contributed by atoms with van der Waals surface area (Å²) in [5, 5.41) is 71.6. The number of hydrogen-bond donors (Lipinski definition) is 8. The molecule has 0 bridgehead atoms. The third-order valence-electron chi connectivity index (χ3n) is 12.5. The van der Waals surface area contributed by atoms with Crippen molar-refractivity contribution in [3.8, 4) is 34.5 Å². The summed E-state index contributed by atoms with van der Waals surface area (Å²) in [6.07, 6.45) is -12.6. The van der Waals surface area contributed by atoms with Crippen LogP contribution in [-0.2, 0) is 40.7 Å². The van der Waals surface area contributed by atoms with Gasteiger partial charge in [-0.05, 0) is 65.2 Å². The van der Waals surface area contributed by atoms with E-state index in [0.29, 0.717) is 11.1 Å². The number of fused-ring (bicyclic) bond motifs is 4. The van der Waals surface area contributed by atoms with E-state index in [4.69, 9.17) is 56.5 Å². The minimum absolute atomic E-state index is 0.00591. The lowest BCUT2D eigenvalue weighted by atomic mass is 9.71. The molecule has 8 rings (SSSR count). The fourth-order valence-electron chi connectivity index (χ4n) is 8.74. The van der Waals surface area contributed by atoms with Crippen LogP contribution >= 0.6 is 0 Å². The predicted molar refractivity (Wildman–Crippen MR) is 259 cm³/mol. The topological polar surface area (TPSA) is 381 Å². The first-order valence-corrected chi connectivity index (χ1v) is 25.4. The van der Waals surface area contributed by atoms with Gasteiger partial charge in [0.15, 0.2) is 23.0 Å². The fourth-order valence-corrected chi connectivity index (χ4v) is 9.47. The number of rotatable bonds is 25. The van der Waals surface area contributed by atoms with Gasteiger partial charge in [-0.15, -0.1) is 8.42 Å². The molecule has 8 N–H and O–H groups in total. The second-order valence-electron chi connectivity index (χ2n) is 17.6. The molecule has 77 heavy (non-hydrogen) atoms. The van der Waals surface area contributed by atoms with Gasteiger partial charge in [0.1, 0.15) is 49.0 Å².